The SMILES string of the molecule is O=C1OC2(CCN(C3=NC(=O)C4(Cc5ccccc5C4)O3)CC2)c2ccc(O)cc21. The number of amides is 1. The largest absolute Gasteiger partial charge is 0.508 e. The van der Waals surface area contributed by atoms with Crippen LogP contribution in [0.2, 0.25) is 0 Å². The smallest absolute Gasteiger partial charge is 0.339 e. The first-order valence-electron chi connectivity index (χ1n) is 10.2. The van der Waals surface area contributed by atoms with Gasteiger partial charge in [-0.15, -0.1) is 0 Å². The predicted octanol–water partition coefficient (Wildman–Crippen LogP) is 2.30. The Morgan fingerprint density at radius 3 is 2.33 bits per heavy atom. The molecule has 1 amide bonds. The Balaban J connectivity index is 1.20. The van der Waals surface area contributed by atoms with E-state index in [2.05, 4.69) is 4.99 Å². The number of fused-ring (bicyclic) bond motifs is 3. The lowest BCUT2D eigenvalue weighted by molar-refractivity contribution is -0.130. The van der Waals surface area contributed by atoms with Gasteiger partial charge in [0.05, 0.1) is 5.56 Å². The van der Waals surface area contributed by atoms with Gasteiger partial charge in [0, 0.05) is 44.3 Å². The molecular formula is C23H20N2O5. The van der Waals surface area contributed by atoms with E-state index < -0.39 is 17.2 Å². The molecule has 0 bridgehead atoms. The highest BCUT2D eigenvalue weighted by molar-refractivity contribution is 6.02. The van der Waals surface area contributed by atoms with Crippen LogP contribution in [0.25, 0.3) is 0 Å². The number of phenolic OH excluding ortho intramolecular Hbond substituents is 1. The molecule has 0 saturated carbocycles. The van der Waals surface area contributed by atoms with Gasteiger partial charge in [0.2, 0.25) is 5.60 Å². The fourth-order valence-corrected chi connectivity index (χ4v) is 5.19. The van der Waals surface area contributed by atoms with Crippen molar-refractivity contribution in [3.05, 3.63) is 64.7 Å². The molecule has 1 aliphatic carbocycles. The number of phenols is 1. The third kappa shape index (κ3) is 2.35. The Kier molecular flexibility index (Phi) is 3.41. The molecule has 7 heteroatoms. The van der Waals surface area contributed by atoms with Crippen molar-refractivity contribution in [2.24, 2.45) is 4.99 Å². The molecule has 2 spiro atoms. The van der Waals surface area contributed by atoms with Crippen LogP contribution in [0.3, 0.4) is 0 Å². The summed E-state index contributed by atoms with van der Waals surface area (Å²) < 4.78 is 11.9. The molecule has 0 aromatic heterocycles. The maximum atomic E-state index is 12.8. The number of esters is 1. The second-order valence-corrected chi connectivity index (χ2v) is 8.52. The Hall–Kier alpha value is -3.35. The number of carbonyl (C=O) groups is 2. The number of piperidine rings is 1. The van der Waals surface area contributed by atoms with Crippen LogP contribution in [-0.4, -0.2) is 46.6 Å². The number of hydrogen-bond acceptors (Lipinski definition) is 6. The van der Waals surface area contributed by atoms with Gasteiger partial charge in [-0.2, -0.15) is 4.99 Å². The number of likely N-dealkylation sites (tertiary alicyclic amines) is 1. The summed E-state index contributed by atoms with van der Waals surface area (Å²) in [5.74, 6) is -0.570. The third-order valence-corrected chi connectivity index (χ3v) is 6.79. The van der Waals surface area contributed by atoms with Crippen LogP contribution >= 0.6 is 0 Å². The van der Waals surface area contributed by atoms with Crippen LogP contribution < -0.4 is 0 Å². The van der Waals surface area contributed by atoms with Crippen LogP contribution in [0, 0.1) is 0 Å². The summed E-state index contributed by atoms with van der Waals surface area (Å²) >= 11 is 0. The molecule has 3 aliphatic heterocycles. The Morgan fingerprint density at radius 2 is 1.63 bits per heavy atom. The Labute approximate surface area is 172 Å². The van der Waals surface area contributed by atoms with E-state index in [0.717, 1.165) is 16.7 Å². The lowest BCUT2D eigenvalue weighted by Crippen LogP contribution is -2.47. The van der Waals surface area contributed by atoms with Crippen LogP contribution in [-0.2, 0) is 32.7 Å². The van der Waals surface area contributed by atoms with Crippen molar-refractivity contribution in [1.29, 1.82) is 0 Å². The highest BCUT2D eigenvalue weighted by atomic mass is 16.6. The summed E-state index contributed by atoms with van der Waals surface area (Å²) in [6.07, 6.45) is 2.23. The lowest BCUT2D eigenvalue weighted by atomic mass is 9.84. The van der Waals surface area contributed by atoms with E-state index in [9.17, 15) is 14.7 Å². The number of nitrogens with zero attached hydrogens (tertiary/aromatic N) is 2. The summed E-state index contributed by atoms with van der Waals surface area (Å²) in [4.78, 5) is 31.3. The number of amidine groups is 1. The topological polar surface area (TPSA) is 88.4 Å². The zero-order valence-corrected chi connectivity index (χ0v) is 16.3. The maximum Gasteiger partial charge on any atom is 0.339 e. The van der Waals surface area contributed by atoms with Gasteiger partial charge in [-0.1, -0.05) is 30.3 Å². The van der Waals surface area contributed by atoms with Gasteiger partial charge in [-0.3, -0.25) is 4.79 Å². The predicted molar refractivity (Wildman–Crippen MR) is 106 cm³/mol. The van der Waals surface area contributed by atoms with Gasteiger partial charge in [0.25, 0.3) is 11.9 Å². The molecule has 2 aromatic rings. The van der Waals surface area contributed by atoms with E-state index in [-0.39, 0.29) is 11.7 Å². The van der Waals surface area contributed by atoms with Gasteiger partial charge in [0.1, 0.15) is 11.4 Å². The molecule has 152 valence electrons. The minimum Gasteiger partial charge on any atom is -0.508 e. The van der Waals surface area contributed by atoms with E-state index in [1.54, 1.807) is 12.1 Å². The van der Waals surface area contributed by atoms with Crippen molar-refractivity contribution in [2.45, 2.75) is 36.9 Å². The lowest BCUT2D eigenvalue weighted by Gasteiger charge is -2.39. The van der Waals surface area contributed by atoms with Crippen LogP contribution in [0.5, 0.6) is 5.75 Å². The Morgan fingerprint density at radius 1 is 0.933 bits per heavy atom. The quantitative estimate of drug-likeness (QED) is 0.678. The second-order valence-electron chi connectivity index (χ2n) is 8.52. The van der Waals surface area contributed by atoms with E-state index in [4.69, 9.17) is 9.47 Å². The van der Waals surface area contributed by atoms with Gasteiger partial charge < -0.3 is 19.5 Å². The van der Waals surface area contributed by atoms with Gasteiger partial charge in [-0.25, -0.2) is 4.79 Å². The van der Waals surface area contributed by atoms with E-state index in [0.29, 0.717) is 50.4 Å². The van der Waals surface area contributed by atoms with Crippen LogP contribution in [0.1, 0.15) is 39.9 Å². The molecule has 30 heavy (non-hydrogen) atoms. The number of rotatable bonds is 0. The summed E-state index contributed by atoms with van der Waals surface area (Å²) in [5.41, 5.74) is 1.91. The number of aliphatic imine (C=N–C) groups is 1. The van der Waals surface area contributed by atoms with Gasteiger partial charge in [-0.05, 0) is 23.3 Å². The summed E-state index contributed by atoms with van der Waals surface area (Å²) in [7, 11) is 0. The molecule has 0 unspecified atom stereocenters. The number of benzene rings is 2. The molecule has 0 radical (unpaired) electrons. The van der Waals surface area contributed by atoms with E-state index in [1.165, 1.54) is 6.07 Å². The molecule has 1 N–H and O–H groups in total. The minimum atomic E-state index is -0.919. The highest BCUT2D eigenvalue weighted by Gasteiger charge is 2.53. The van der Waals surface area contributed by atoms with Gasteiger partial charge in [0.15, 0.2) is 0 Å². The third-order valence-electron chi connectivity index (χ3n) is 6.79. The standard InChI is InChI=1S/C23H20N2O5/c26-16-5-6-18-17(11-16)19(27)29-22(18)7-9-25(10-8-22)21-24-20(28)23(30-21)12-14-3-1-2-4-15(14)13-23/h1-6,11,26H,7-10,12-13H2. The molecule has 0 atom stereocenters. The van der Waals surface area contributed by atoms with Crippen molar-refractivity contribution < 1.29 is 24.2 Å². The van der Waals surface area contributed by atoms with Crippen LogP contribution in [0.4, 0.5) is 0 Å². The summed E-state index contributed by atoms with van der Waals surface area (Å²) in [6.45, 7) is 1.12. The highest BCUT2D eigenvalue weighted by Crippen LogP contribution is 2.45. The average molecular weight is 404 g/mol. The fraction of sp³-hybridized carbons (Fsp3) is 0.348. The van der Waals surface area contributed by atoms with Crippen molar-refractivity contribution in [3.63, 3.8) is 0 Å². The average Bonchev–Trinajstić information content (AvgIpc) is 3.35. The van der Waals surface area contributed by atoms with Crippen molar-refractivity contribution >= 4 is 17.9 Å². The monoisotopic (exact) mass is 404 g/mol. The molecule has 2 aromatic carbocycles. The first-order chi connectivity index (χ1) is 14.5. The first-order valence-corrected chi connectivity index (χ1v) is 10.2. The molecule has 7 nitrogen and oxygen atoms in total. The molecule has 1 fully saturated rings. The first kappa shape index (κ1) is 17.5. The summed E-state index contributed by atoms with van der Waals surface area (Å²) in [5, 5.41) is 9.70. The van der Waals surface area contributed by atoms with Crippen molar-refractivity contribution in [3.8, 4) is 5.75 Å². The normalized spacial score (nSPS) is 22.7. The molecule has 3 heterocycles. The minimum absolute atomic E-state index is 0.0512. The second kappa shape index (κ2) is 5.84. The zero-order valence-electron chi connectivity index (χ0n) is 16.3. The maximum absolute atomic E-state index is 12.8. The summed E-state index contributed by atoms with van der Waals surface area (Å²) in [6, 6.07) is 13.2. The fourth-order valence-electron chi connectivity index (χ4n) is 5.19. The molecule has 1 saturated heterocycles. The number of ether oxygens (including phenoxy) is 2. The van der Waals surface area contributed by atoms with Gasteiger partial charge >= 0.3 is 5.97 Å². The number of hydrogen-bond donors (Lipinski definition) is 1. The van der Waals surface area contributed by atoms with Crippen molar-refractivity contribution in [1.82, 2.24) is 4.90 Å². The number of carbonyl (C=O) groups excluding carboxylic acids is 2. The molecular weight excluding hydrogens is 384 g/mol. The van der Waals surface area contributed by atoms with Crippen molar-refractivity contribution in [2.75, 3.05) is 13.1 Å². The Bertz CT molecular complexity index is 1110. The zero-order chi connectivity index (χ0) is 20.5. The molecule has 6 rings (SSSR count). The van der Waals surface area contributed by atoms with Crippen LogP contribution in [0.15, 0.2) is 47.5 Å². The number of aromatic hydroxyl groups is 1. The van der Waals surface area contributed by atoms with E-state index in [1.807, 2.05) is 29.2 Å². The molecule has 4 aliphatic rings. The van der Waals surface area contributed by atoms with E-state index >= 15 is 0 Å².